The Labute approximate surface area is 176 Å². The first kappa shape index (κ1) is 22.8. The van der Waals surface area contributed by atoms with Crippen LogP contribution in [0.5, 0.6) is 0 Å². The molecule has 0 radical (unpaired) electrons. The highest BCUT2D eigenvalue weighted by molar-refractivity contribution is 5.99. The quantitative estimate of drug-likeness (QED) is 0.435. The van der Waals surface area contributed by atoms with E-state index in [0.29, 0.717) is 17.7 Å². The van der Waals surface area contributed by atoms with Gasteiger partial charge in [-0.15, -0.1) is 0 Å². The summed E-state index contributed by atoms with van der Waals surface area (Å²) in [6.07, 6.45) is 4.40. The topological polar surface area (TPSA) is 111 Å². The number of rotatable bonds is 9. The summed E-state index contributed by atoms with van der Waals surface area (Å²) in [4.78, 5) is 35.7. The Morgan fingerprint density at radius 3 is 2.33 bits per heavy atom. The van der Waals surface area contributed by atoms with Crippen LogP contribution in [-0.4, -0.2) is 37.0 Å². The van der Waals surface area contributed by atoms with Gasteiger partial charge in [-0.05, 0) is 49.6 Å². The van der Waals surface area contributed by atoms with Crippen molar-refractivity contribution in [2.24, 2.45) is 5.73 Å². The van der Waals surface area contributed by atoms with E-state index in [1.54, 1.807) is 37.3 Å². The molecule has 0 bridgehead atoms. The lowest BCUT2D eigenvalue weighted by atomic mass is 10.0. The maximum atomic E-state index is 12.3. The third-order valence-electron chi connectivity index (χ3n) is 4.38. The molecule has 0 aliphatic carbocycles. The minimum atomic E-state index is -0.639. The van der Waals surface area contributed by atoms with Crippen molar-refractivity contribution in [3.63, 3.8) is 0 Å². The zero-order valence-corrected chi connectivity index (χ0v) is 17.1. The molecule has 2 rings (SSSR count). The molecule has 158 valence electrons. The van der Waals surface area contributed by atoms with E-state index in [1.807, 2.05) is 30.3 Å². The molecule has 2 amide bonds. The second-order valence-corrected chi connectivity index (χ2v) is 6.85. The molecule has 4 N–H and O–H groups in total. The minimum absolute atomic E-state index is 0.281. The van der Waals surface area contributed by atoms with Crippen LogP contribution in [0.2, 0.25) is 0 Å². The predicted molar refractivity (Wildman–Crippen MR) is 116 cm³/mol. The van der Waals surface area contributed by atoms with E-state index in [9.17, 15) is 14.4 Å². The van der Waals surface area contributed by atoms with Gasteiger partial charge in [-0.25, -0.2) is 4.79 Å². The number of anilines is 1. The molecule has 0 heterocycles. The SMILES string of the molecule is COC(=O)c1ccc(NC(=O)C=CC(CCc2ccccc2)NC(=O)[C@H](C)N)cc1. The van der Waals surface area contributed by atoms with Gasteiger partial charge in [0.15, 0.2) is 0 Å². The third-order valence-corrected chi connectivity index (χ3v) is 4.38. The van der Waals surface area contributed by atoms with Crippen molar-refractivity contribution in [3.8, 4) is 0 Å². The number of esters is 1. The molecule has 0 aromatic heterocycles. The zero-order chi connectivity index (χ0) is 21.9. The van der Waals surface area contributed by atoms with Crippen LogP contribution in [0, 0.1) is 0 Å². The van der Waals surface area contributed by atoms with Gasteiger partial charge in [0.25, 0.3) is 0 Å². The lowest BCUT2D eigenvalue weighted by Crippen LogP contribution is -2.43. The van der Waals surface area contributed by atoms with Gasteiger partial charge in [0.05, 0.1) is 18.7 Å². The number of hydrogen-bond acceptors (Lipinski definition) is 5. The van der Waals surface area contributed by atoms with Crippen LogP contribution < -0.4 is 16.4 Å². The number of benzene rings is 2. The molecular weight excluding hydrogens is 382 g/mol. The van der Waals surface area contributed by atoms with E-state index in [2.05, 4.69) is 15.4 Å². The smallest absolute Gasteiger partial charge is 0.337 e. The summed E-state index contributed by atoms with van der Waals surface area (Å²) in [6.45, 7) is 1.61. The van der Waals surface area contributed by atoms with E-state index in [1.165, 1.54) is 13.2 Å². The summed E-state index contributed by atoms with van der Waals surface area (Å²) in [6, 6.07) is 15.3. The highest BCUT2D eigenvalue weighted by Gasteiger charge is 2.13. The standard InChI is InChI=1S/C23H27N3O4/c1-16(24)22(28)26-20(11-8-17-6-4-3-5-7-17)14-15-21(27)25-19-12-9-18(10-13-19)23(29)30-2/h3-7,9-10,12-16,20H,8,11,24H2,1-2H3,(H,25,27)(H,26,28)/t16-,20?/m0/s1. The van der Waals surface area contributed by atoms with Crippen molar-refractivity contribution in [2.75, 3.05) is 12.4 Å². The fraction of sp³-hybridized carbons (Fsp3) is 0.261. The molecular formula is C23H27N3O4. The normalized spacial score (nSPS) is 12.8. The van der Waals surface area contributed by atoms with Gasteiger partial charge < -0.3 is 21.1 Å². The lowest BCUT2D eigenvalue weighted by Gasteiger charge is -2.17. The van der Waals surface area contributed by atoms with Gasteiger partial charge in [-0.2, -0.15) is 0 Å². The number of nitrogens with two attached hydrogens (primary N) is 1. The number of amides is 2. The number of methoxy groups -OCH3 is 1. The molecule has 0 saturated carbocycles. The van der Waals surface area contributed by atoms with Crippen LogP contribution in [-0.2, 0) is 20.7 Å². The number of ether oxygens (including phenoxy) is 1. The average Bonchev–Trinajstić information content (AvgIpc) is 2.76. The summed E-state index contributed by atoms with van der Waals surface area (Å²) in [5, 5.41) is 5.57. The molecule has 30 heavy (non-hydrogen) atoms. The molecule has 0 saturated heterocycles. The maximum absolute atomic E-state index is 12.3. The molecule has 7 nitrogen and oxygen atoms in total. The molecule has 0 aliphatic heterocycles. The molecule has 2 aromatic rings. The molecule has 7 heteroatoms. The fourth-order valence-electron chi connectivity index (χ4n) is 2.69. The second kappa shape index (κ2) is 11.5. The van der Waals surface area contributed by atoms with Gasteiger partial charge >= 0.3 is 5.97 Å². The van der Waals surface area contributed by atoms with Crippen molar-refractivity contribution in [1.29, 1.82) is 0 Å². The average molecular weight is 409 g/mol. The van der Waals surface area contributed by atoms with Crippen LogP contribution in [0.3, 0.4) is 0 Å². The fourth-order valence-corrected chi connectivity index (χ4v) is 2.69. The third kappa shape index (κ3) is 7.52. The van der Waals surface area contributed by atoms with E-state index in [-0.39, 0.29) is 17.9 Å². The Bertz CT molecular complexity index is 877. The number of carbonyl (C=O) groups excluding carboxylic acids is 3. The van der Waals surface area contributed by atoms with E-state index >= 15 is 0 Å². The zero-order valence-electron chi connectivity index (χ0n) is 17.1. The summed E-state index contributed by atoms with van der Waals surface area (Å²) < 4.78 is 4.64. The molecule has 2 aromatic carbocycles. The van der Waals surface area contributed by atoms with Gasteiger partial charge in [-0.3, -0.25) is 9.59 Å². The van der Waals surface area contributed by atoms with Crippen LogP contribution in [0.15, 0.2) is 66.7 Å². The van der Waals surface area contributed by atoms with Crippen LogP contribution in [0.1, 0.15) is 29.3 Å². The molecule has 0 aliphatic rings. The van der Waals surface area contributed by atoms with Crippen LogP contribution >= 0.6 is 0 Å². The van der Waals surface area contributed by atoms with Crippen molar-refractivity contribution >= 4 is 23.5 Å². The van der Waals surface area contributed by atoms with Crippen molar-refractivity contribution in [2.45, 2.75) is 31.8 Å². The van der Waals surface area contributed by atoms with Crippen molar-refractivity contribution in [3.05, 3.63) is 77.9 Å². The van der Waals surface area contributed by atoms with E-state index < -0.39 is 12.0 Å². The number of hydrogen-bond donors (Lipinski definition) is 3. The highest BCUT2D eigenvalue weighted by Crippen LogP contribution is 2.11. The van der Waals surface area contributed by atoms with Crippen LogP contribution in [0.4, 0.5) is 5.69 Å². The van der Waals surface area contributed by atoms with E-state index in [0.717, 1.165) is 12.0 Å². The van der Waals surface area contributed by atoms with E-state index in [4.69, 9.17) is 5.73 Å². The Hall–Kier alpha value is -3.45. The summed E-state index contributed by atoms with van der Waals surface area (Å²) in [5.74, 6) is -1.07. The first-order valence-corrected chi connectivity index (χ1v) is 9.66. The molecule has 0 spiro atoms. The molecule has 2 atom stereocenters. The molecule has 1 unspecified atom stereocenters. The van der Waals surface area contributed by atoms with Crippen molar-refractivity contribution < 1.29 is 19.1 Å². The van der Waals surface area contributed by atoms with Gasteiger partial charge in [0, 0.05) is 17.8 Å². The van der Waals surface area contributed by atoms with Gasteiger partial charge in [0.2, 0.25) is 11.8 Å². The Kier molecular flexibility index (Phi) is 8.77. The number of carbonyl (C=O) groups is 3. The molecule has 0 fully saturated rings. The summed E-state index contributed by atoms with van der Waals surface area (Å²) in [7, 11) is 1.31. The summed E-state index contributed by atoms with van der Waals surface area (Å²) in [5.41, 5.74) is 7.72. The first-order chi connectivity index (χ1) is 14.4. The second-order valence-electron chi connectivity index (χ2n) is 6.85. The Balaban J connectivity index is 1.98. The Morgan fingerprint density at radius 2 is 1.73 bits per heavy atom. The van der Waals surface area contributed by atoms with Gasteiger partial charge in [-0.1, -0.05) is 36.4 Å². The van der Waals surface area contributed by atoms with Gasteiger partial charge in [0.1, 0.15) is 0 Å². The number of aryl methyl sites for hydroxylation is 1. The predicted octanol–water partition coefficient (Wildman–Crippen LogP) is 2.43. The monoisotopic (exact) mass is 409 g/mol. The van der Waals surface area contributed by atoms with Crippen LogP contribution in [0.25, 0.3) is 0 Å². The lowest BCUT2D eigenvalue weighted by molar-refractivity contribution is -0.122. The minimum Gasteiger partial charge on any atom is -0.465 e. The van der Waals surface area contributed by atoms with Crippen molar-refractivity contribution in [1.82, 2.24) is 5.32 Å². The Morgan fingerprint density at radius 1 is 1.07 bits per heavy atom. The maximum Gasteiger partial charge on any atom is 0.337 e. The first-order valence-electron chi connectivity index (χ1n) is 9.66. The largest absolute Gasteiger partial charge is 0.465 e. The summed E-state index contributed by atoms with van der Waals surface area (Å²) >= 11 is 0. The highest BCUT2D eigenvalue weighted by atomic mass is 16.5. The number of nitrogens with one attached hydrogen (secondary N) is 2.